The zero-order valence-electron chi connectivity index (χ0n) is 11.4. The molecule has 1 aromatic heterocycles. The van der Waals surface area contributed by atoms with Crippen molar-refractivity contribution in [1.29, 1.82) is 0 Å². The Morgan fingerprint density at radius 1 is 1.50 bits per heavy atom. The summed E-state index contributed by atoms with van der Waals surface area (Å²) in [6.45, 7) is 6.88. The fraction of sp³-hybridized carbons (Fsp3) is 0.667. The number of nitrogens with two attached hydrogens (primary N) is 1. The van der Waals surface area contributed by atoms with E-state index in [0.29, 0.717) is 23.9 Å². The predicted octanol–water partition coefficient (Wildman–Crippen LogP) is 2.18. The molecule has 0 fully saturated rings. The Morgan fingerprint density at radius 2 is 2.11 bits per heavy atom. The second-order valence-electron chi connectivity index (χ2n) is 4.64. The van der Waals surface area contributed by atoms with Crippen molar-refractivity contribution in [2.45, 2.75) is 38.6 Å². The molecule has 4 nitrogen and oxygen atoms in total. The summed E-state index contributed by atoms with van der Waals surface area (Å²) in [6, 6.07) is 1.70. The van der Waals surface area contributed by atoms with Gasteiger partial charge in [0, 0.05) is 29.9 Å². The van der Waals surface area contributed by atoms with Crippen LogP contribution in [-0.4, -0.2) is 26.3 Å². The highest BCUT2D eigenvalue weighted by molar-refractivity contribution is 7.89. The third-order valence-electron chi connectivity index (χ3n) is 3.08. The van der Waals surface area contributed by atoms with Crippen LogP contribution >= 0.6 is 11.3 Å². The van der Waals surface area contributed by atoms with Crippen LogP contribution < -0.4 is 5.73 Å². The Kier molecular flexibility index (Phi) is 5.33. The number of rotatable bonds is 6. The van der Waals surface area contributed by atoms with Crippen molar-refractivity contribution in [3.05, 3.63) is 15.8 Å². The maximum Gasteiger partial charge on any atom is 0.243 e. The first-order chi connectivity index (χ1) is 8.32. The minimum atomic E-state index is -3.38. The molecule has 1 unspecified atom stereocenters. The molecule has 18 heavy (non-hydrogen) atoms. The summed E-state index contributed by atoms with van der Waals surface area (Å²) in [4.78, 5) is 2.12. The highest BCUT2D eigenvalue weighted by atomic mass is 32.2. The van der Waals surface area contributed by atoms with Gasteiger partial charge < -0.3 is 5.73 Å². The van der Waals surface area contributed by atoms with Gasteiger partial charge in [0.2, 0.25) is 10.0 Å². The normalized spacial score (nSPS) is 14.1. The number of nitrogens with zero attached hydrogens (tertiary/aromatic N) is 1. The van der Waals surface area contributed by atoms with Gasteiger partial charge in [-0.1, -0.05) is 20.3 Å². The van der Waals surface area contributed by atoms with E-state index in [0.717, 1.165) is 16.2 Å². The molecule has 104 valence electrons. The summed E-state index contributed by atoms with van der Waals surface area (Å²) in [6.07, 6.45) is 0.969. The first-order valence-electron chi connectivity index (χ1n) is 6.08. The van der Waals surface area contributed by atoms with Crippen LogP contribution in [0.5, 0.6) is 0 Å². The van der Waals surface area contributed by atoms with E-state index in [2.05, 4.69) is 13.8 Å². The lowest BCUT2D eigenvalue weighted by atomic mass is 10.1. The Balaban J connectivity index is 3.01. The summed E-state index contributed by atoms with van der Waals surface area (Å²) < 4.78 is 26.3. The summed E-state index contributed by atoms with van der Waals surface area (Å²) >= 11 is 1.45. The van der Waals surface area contributed by atoms with E-state index >= 15 is 0 Å². The van der Waals surface area contributed by atoms with E-state index < -0.39 is 10.0 Å². The minimum Gasteiger partial charge on any atom is -0.326 e. The summed E-state index contributed by atoms with van der Waals surface area (Å²) in [5, 5.41) is 0. The molecule has 0 radical (unpaired) electrons. The fourth-order valence-electron chi connectivity index (χ4n) is 1.71. The third kappa shape index (κ3) is 3.32. The van der Waals surface area contributed by atoms with Crippen molar-refractivity contribution in [2.24, 2.45) is 11.7 Å². The van der Waals surface area contributed by atoms with E-state index in [1.54, 1.807) is 13.1 Å². The molecule has 0 saturated carbocycles. The fourth-order valence-corrected chi connectivity index (χ4v) is 4.48. The van der Waals surface area contributed by atoms with E-state index in [4.69, 9.17) is 5.73 Å². The van der Waals surface area contributed by atoms with Crippen molar-refractivity contribution < 1.29 is 8.42 Å². The summed E-state index contributed by atoms with van der Waals surface area (Å²) in [7, 11) is -1.74. The van der Waals surface area contributed by atoms with Crippen LogP contribution in [0.1, 0.15) is 30.0 Å². The quantitative estimate of drug-likeness (QED) is 0.873. The molecule has 0 amide bonds. The Labute approximate surface area is 114 Å². The average molecular weight is 290 g/mol. The van der Waals surface area contributed by atoms with E-state index in [-0.39, 0.29) is 0 Å². The first kappa shape index (κ1) is 15.6. The second kappa shape index (κ2) is 6.14. The van der Waals surface area contributed by atoms with Crippen molar-refractivity contribution in [1.82, 2.24) is 4.31 Å². The molecule has 0 aliphatic rings. The van der Waals surface area contributed by atoms with Crippen molar-refractivity contribution in [3.8, 4) is 0 Å². The molecule has 0 aromatic carbocycles. The summed E-state index contributed by atoms with van der Waals surface area (Å²) in [5.41, 5.74) is 5.56. The molecular formula is C12H22N2O2S2. The minimum absolute atomic E-state index is 0.359. The molecule has 0 aliphatic carbocycles. The Morgan fingerprint density at radius 3 is 2.56 bits per heavy atom. The zero-order chi connectivity index (χ0) is 13.9. The van der Waals surface area contributed by atoms with E-state index in [1.807, 2.05) is 6.92 Å². The highest BCUT2D eigenvalue weighted by Gasteiger charge is 2.25. The smallest absolute Gasteiger partial charge is 0.243 e. The van der Waals surface area contributed by atoms with Crippen LogP contribution in [0, 0.1) is 12.8 Å². The van der Waals surface area contributed by atoms with Crippen LogP contribution in [-0.2, 0) is 16.6 Å². The number of aryl methyl sites for hydroxylation is 1. The maximum absolute atomic E-state index is 12.4. The number of hydrogen-bond acceptors (Lipinski definition) is 4. The van der Waals surface area contributed by atoms with Gasteiger partial charge in [-0.05, 0) is 18.9 Å². The second-order valence-corrected chi connectivity index (χ2v) is 7.99. The van der Waals surface area contributed by atoms with Gasteiger partial charge in [-0.25, -0.2) is 12.7 Å². The lowest BCUT2D eigenvalue weighted by Crippen LogP contribution is -2.31. The summed E-state index contributed by atoms with van der Waals surface area (Å²) in [5.74, 6) is 0.359. The van der Waals surface area contributed by atoms with E-state index in [9.17, 15) is 8.42 Å². The molecule has 1 aromatic rings. The number of thiophene rings is 1. The van der Waals surface area contributed by atoms with Gasteiger partial charge in [-0.2, -0.15) is 0 Å². The van der Waals surface area contributed by atoms with Gasteiger partial charge >= 0.3 is 0 Å². The van der Waals surface area contributed by atoms with Gasteiger partial charge in [-0.3, -0.25) is 0 Å². The largest absolute Gasteiger partial charge is 0.326 e. The molecule has 1 atom stereocenters. The predicted molar refractivity (Wildman–Crippen MR) is 76.2 cm³/mol. The molecule has 0 bridgehead atoms. The third-order valence-corrected chi connectivity index (χ3v) is 6.23. The van der Waals surface area contributed by atoms with Crippen LogP contribution in [0.2, 0.25) is 0 Å². The Bertz CT molecular complexity index is 494. The van der Waals surface area contributed by atoms with Gasteiger partial charge in [0.15, 0.2) is 0 Å². The van der Waals surface area contributed by atoms with Crippen molar-refractivity contribution >= 4 is 21.4 Å². The monoisotopic (exact) mass is 290 g/mol. The maximum atomic E-state index is 12.4. The van der Waals surface area contributed by atoms with Gasteiger partial charge in [0.1, 0.15) is 0 Å². The van der Waals surface area contributed by atoms with Crippen LogP contribution in [0.15, 0.2) is 11.0 Å². The number of sulfonamides is 1. The van der Waals surface area contributed by atoms with Crippen molar-refractivity contribution in [3.63, 3.8) is 0 Å². The number of hydrogen-bond donors (Lipinski definition) is 1. The van der Waals surface area contributed by atoms with Crippen LogP contribution in [0.3, 0.4) is 0 Å². The Hall–Kier alpha value is -0.430. The van der Waals surface area contributed by atoms with E-state index in [1.165, 1.54) is 15.6 Å². The average Bonchev–Trinajstić information content (AvgIpc) is 2.70. The van der Waals surface area contributed by atoms with Gasteiger partial charge in [0.25, 0.3) is 0 Å². The highest BCUT2D eigenvalue weighted by Crippen LogP contribution is 2.27. The van der Waals surface area contributed by atoms with Crippen LogP contribution in [0.4, 0.5) is 0 Å². The molecule has 1 heterocycles. The lowest BCUT2D eigenvalue weighted by molar-refractivity contribution is 0.393. The molecular weight excluding hydrogens is 268 g/mol. The molecule has 0 aliphatic heterocycles. The molecule has 2 N–H and O–H groups in total. The zero-order valence-corrected chi connectivity index (χ0v) is 13.1. The molecule has 0 spiro atoms. The molecule has 6 heteroatoms. The van der Waals surface area contributed by atoms with Crippen LogP contribution in [0.25, 0.3) is 0 Å². The lowest BCUT2D eigenvalue weighted by Gasteiger charge is -2.20. The van der Waals surface area contributed by atoms with Crippen molar-refractivity contribution in [2.75, 3.05) is 13.6 Å². The SMILES string of the molecule is CCC(C)CN(C)S(=O)(=O)c1cc(CN)sc1C. The van der Waals surface area contributed by atoms with Gasteiger partial charge in [-0.15, -0.1) is 11.3 Å². The molecule has 1 rings (SSSR count). The molecule has 0 saturated heterocycles. The first-order valence-corrected chi connectivity index (χ1v) is 8.34. The van der Waals surface area contributed by atoms with Gasteiger partial charge in [0.05, 0.1) is 4.90 Å². The topological polar surface area (TPSA) is 63.4 Å². The standard InChI is InChI=1S/C12H22N2O2S2/c1-5-9(2)8-14(4)18(15,16)12-6-11(7-13)17-10(12)3/h6,9H,5,7-8,13H2,1-4H3.